The van der Waals surface area contributed by atoms with Gasteiger partial charge in [0.15, 0.2) is 12.2 Å². The molecule has 3 unspecified atom stereocenters. The monoisotopic (exact) mass is 324 g/mol. The van der Waals surface area contributed by atoms with E-state index >= 15 is 0 Å². The Bertz CT molecular complexity index is 459. The maximum Gasteiger partial charge on any atom is 0.460 e. The Labute approximate surface area is 112 Å². The number of hydrogen-bond acceptors (Lipinski definition) is 4. The Morgan fingerprint density at radius 2 is 1.76 bits per heavy atom. The fraction of sp³-hybridized carbons (Fsp3) is 0.700. The van der Waals surface area contributed by atoms with Gasteiger partial charge in [0.2, 0.25) is 0 Å². The van der Waals surface area contributed by atoms with E-state index in [2.05, 4.69) is 4.74 Å². The minimum Gasteiger partial charge on any atom is -0.491 e. The van der Waals surface area contributed by atoms with Crippen molar-refractivity contribution in [2.75, 3.05) is 6.61 Å². The molecular formula is C10H7F7O4. The molecule has 0 aromatic rings. The highest BCUT2D eigenvalue weighted by atomic mass is 19.4. The molecule has 1 saturated heterocycles. The number of rotatable bonds is 3. The summed E-state index contributed by atoms with van der Waals surface area (Å²) in [4.78, 5) is 11.0. The molecule has 11 heteroatoms. The maximum absolute atomic E-state index is 13.0. The van der Waals surface area contributed by atoms with Gasteiger partial charge in [0, 0.05) is 0 Å². The molecule has 0 aromatic heterocycles. The number of carbonyl (C=O) groups excluding carboxylic acids is 1. The molecule has 0 aliphatic carbocycles. The molecule has 0 radical (unpaired) electrons. The summed E-state index contributed by atoms with van der Waals surface area (Å²) in [5.41, 5.74) is 0. The van der Waals surface area contributed by atoms with Gasteiger partial charge in [-0.15, -0.1) is 0 Å². The summed E-state index contributed by atoms with van der Waals surface area (Å²) in [6, 6.07) is 0. The zero-order valence-corrected chi connectivity index (χ0v) is 9.87. The Kier molecular flexibility index (Phi) is 3.59. The molecule has 0 bridgehead atoms. The second-order valence-electron chi connectivity index (χ2n) is 4.32. The minimum atomic E-state index is -6.60. The third kappa shape index (κ3) is 2.43. The van der Waals surface area contributed by atoms with Crippen LogP contribution in [-0.2, 0) is 19.0 Å². The summed E-state index contributed by atoms with van der Waals surface area (Å²) in [5.74, 6) is -15.6. The lowest BCUT2D eigenvalue weighted by Crippen LogP contribution is -2.57. The number of halogens is 7. The molecular weight excluding hydrogens is 317 g/mol. The zero-order chi connectivity index (χ0) is 16.1. The van der Waals surface area contributed by atoms with Crippen molar-refractivity contribution in [3.63, 3.8) is 0 Å². The number of alkyl halides is 7. The molecule has 1 fully saturated rings. The van der Waals surface area contributed by atoms with Gasteiger partial charge in [0.25, 0.3) is 0 Å². The predicted octanol–water partition coefficient (Wildman–Crippen LogP) is 2.04. The van der Waals surface area contributed by atoms with Crippen LogP contribution in [0.5, 0.6) is 0 Å². The smallest absolute Gasteiger partial charge is 0.460 e. The van der Waals surface area contributed by atoms with Crippen molar-refractivity contribution in [3.05, 3.63) is 12.3 Å². The van der Waals surface area contributed by atoms with Crippen LogP contribution in [0, 0.1) is 0 Å². The van der Waals surface area contributed by atoms with Crippen molar-refractivity contribution >= 4 is 5.97 Å². The van der Waals surface area contributed by atoms with Crippen LogP contribution < -0.4 is 0 Å². The van der Waals surface area contributed by atoms with Crippen molar-refractivity contribution in [1.82, 2.24) is 0 Å². The van der Waals surface area contributed by atoms with Crippen LogP contribution in [-0.4, -0.2) is 48.9 Å². The number of ether oxygens (including phenoxy) is 3. The van der Waals surface area contributed by atoms with Gasteiger partial charge in [-0.25, -0.2) is 4.79 Å². The Morgan fingerprint density at radius 3 is 2.33 bits per heavy atom. The predicted molar refractivity (Wildman–Crippen MR) is 49.6 cm³/mol. The highest BCUT2D eigenvalue weighted by molar-refractivity contribution is 5.79. The zero-order valence-electron chi connectivity index (χ0n) is 9.87. The molecule has 2 aliphatic heterocycles. The Balaban J connectivity index is 2.09. The second kappa shape index (κ2) is 4.75. The summed E-state index contributed by atoms with van der Waals surface area (Å²) in [7, 11) is 0. The first kappa shape index (κ1) is 15.9. The average Bonchev–Trinajstić information content (AvgIpc) is 2.92. The Hall–Kier alpha value is -1.52. The molecule has 2 aliphatic rings. The van der Waals surface area contributed by atoms with Gasteiger partial charge in [-0.3, -0.25) is 0 Å². The SMILES string of the molecule is O=C(OC1COC2C=COC21)C(F)(F)C(F)(F)C(F)(F)F. The number of hydrogen-bond donors (Lipinski definition) is 0. The highest BCUT2D eigenvalue weighted by Crippen LogP contribution is 2.47. The largest absolute Gasteiger partial charge is 0.491 e. The van der Waals surface area contributed by atoms with Gasteiger partial charge in [0.1, 0.15) is 6.10 Å². The quantitative estimate of drug-likeness (QED) is 0.589. The standard InChI is InChI=1S/C10H7F7O4/c11-8(12,9(13,14)10(15,16)17)7(18)21-5-3-20-4-1-2-19-6(4)5/h1-2,4-6H,3H2. The average molecular weight is 324 g/mol. The number of carbonyl (C=O) groups is 1. The summed E-state index contributed by atoms with van der Waals surface area (Å²) >= 11 is 0. The Morgan fingerprint density at radius 1 is 1.14 bits per heavy atom. The molecule has 4 nitrogen and oxygen atoms in total. The summed E-state index contributed by atoms with van der Waals surface area (Å²) in [5, 5.41) is 0. The summed E-state index contributed by atoms with van der Waals surface area (Å²) < 4.78 is 101. The highest BCUT2D eigenvalue weighted by Gasteiger charge is 2.77. The van der Waals surface area contributed by atoms with Crippen molar-refractivity contribution in [1.29, 1.82) is 0 Å². The van der Waals surface area contributed by atoms with E-state index in [1.54, 1.807) is 0 Å². The van der Waals surface area contributed by atoms with Crippen LogP contribution in [0.3, 0.4) is 0 Å². The van der Waals surface area contributed by atoms with Crippen molar-refractivity contribution in [3.8, 4) is 0 Å². The second-order valence-corrected chi connectivity index (χ2v) is 4.32. The molecule has 2 rings (SSSR count). The van der Waals surface area contributed by atoms with E-state index in [4.69, 9.17) is 9.47 Å². The van der Waals surface area contributed by atoms with Crippen LogP contribution in [0.2, 0.25) is 0 Å². The van der Waals surface area contributed by atoms with Crippen molar-refractivity contribution < 1.29 is 49.7 Å². The van der Waals surface area contributed by atoms with Gasteiger partial charge >= 0.3 is 24.0 Å². The van der Waals surface area contributed by atoms with Crippen molar-refractivity contribution in [2.24, 2.45) is 0 Å². The number of esters is 1. The van der Waals surface area contributed by atoms with E-state index in [1.165, 1.54) is 6.08 Å². The molecule has 3 atom stereocenters. The van der Waals surface area contributed by atoms with E-state index < -0.39 is 48.9 Å². The van der Waals surface area contributed by atoms with Gasteiger partial charge in [-0.1, -0.05) is 0 Å². The van der Waals surface area contributed by atoms with Gasteiger partial charge in [-0.05, 0) is 6.08 Å². The fourth-order valence-corrected chi connectivity index (χ4v) is 1.77. The lowest BCUT2D eigenvalue weighted by atomic mass is 10.1. The van der Waals surface area contributed by atoms with Crippen molar-refractivity contribution in [2.45, 2.75) is 36.3 Å². The minimum absolute atomic E-state index is 0.459. The first-order chi connectivity index (χ1) is 9.48. The molecule has 120 valence electrons. The van der Waals surface area contributed by atoms with Crippen LogP contribution >= 0.6 is 0 Å². The normalized spacial score (nSPS) is 29.2. The van der Waals surface area contributed by atoms with E-state index in [0.29, 0.717) is 0 Å². The first-order valence-corrected chi connectivity index (χ1v) is 5.45. The lowest BCUT2D eigenvalue weighted by Gasteiger charge is -2.27. The molecule has 0 saturated carbocycles. The maximum atomic E-state index is 13.0. The van der Waals surface area contributed by atoms with E-state index in [-0.39, 0.29) is 0 Å². The molecule has 2 heterocycles. The topological polar surface area (TPSA) is 44.8 Å². The van der Waals surface area contributed by atoms with E-state index in [0.717, 1.165) is 6.26 Å². The molecule has 21 heavy (non-hydrogen) atoms. The van der Waals surface area contributed by atoms with E-state index in [1.807, 2.05) is 0 Å². The first-order valence-electron chi connectivity index (χ1n) is 5.45. The van der Waals surface area contributed by atoms with Gasteiger partial charge < -0.3 is 14.2 Å². The molecule has 0 aromatic carbocycles. The summed E-state index contributed by atoms with van der Waals surface area (Å²) in [6.07, 6.45) is -7.44. The summed E-state index contributed by atoms with van der Waals surface area (Å²) in [6.45, 7) is -0.459. The van der Waals surface area contributed by atoms with Crippen LogP contribution in [0.15, 0.2) is 12.3 Å². The lowest BCUT2D eigenvalue weighted by molar-refractivity contribution is -0.349. The van der Waals surface area contributed by atoms with Gasteiger partial charge in [0.05, 0.1) is 12.9 Å². The third-order valence-corrected chi connectivity index (χ3v) is 2.91. The van der Waals surface area contributed by atoms with E-state index in [9.17, 15) is 35.5 Å². The number of fused-ring (bicyclic) bond motifs is 1. The fourth-order valence-electron chi connectivity index (χ4n) is 1.77. The molecule has 0 amide bonds. The molecule has 0 N–H and O–H groups in total. The van der Waals surface area contributed by atoms with Gasteiger partial charge in [-0.2, -0.15) is 30.7 Å². The van der Waals surface area contributed by atoms with Crippen LogP contribution in [0.25, 0.3) is 0 Å². The van der Waals surface area contributed by atoms with Crippen LogP contribution in [0.1, 0.15) is 0 Å². The van der Waals surface area contributed by atoms with Crippen LogP contribution in [0.4, 0.5) is 30.7 Å². The molecule has 0 spiro atoms. The third-order valence-electron chi connectivity index (χ3n) is 2.91.